The number of alkyl halides is 3. The predicted molar refractivity (Wildman–Crippen MR) is 280 cm³/mol. The number of aliphatic hydroxyl groups excluding tert-OH is 1. The number of aromatic nitrogens is 1. The summed E-state index contributed by atoms with van der Waals surface area (Å²) in [5.74, 6) is -1.38. The van der Waals surface area contributed by atoms with Gasteiger partial charge in [0.05, 0.1) is 105 Å². The third-order valence-corrected chi connectivity index (χ3v) is 13.7. The number of hydrogen-bond acceptors (Lipinski definition) is 15. The van der Waals surface area contributed by atoms with Gasteiger partial charge in [-0.05, 0) is 92.0 Å². The van der Waals surface area contributed by atoms with Crippen LogP contribution in [0.2, 0.25) is 0 Å². The van der Waals surface area contributed by atoms with Crippen molar-refractivity contribution < 1.29 is 65.9 Å². The number of nitrogens with zero attached hydrogens (tertiary/aromatic N) is 5. The van der Waals surface area contributed by atoms with Crippen molar-refractivity contribution in [3.63, 3.8) is 0 Å². The fraction of sp³-hybridized carbons (Fsp3) is 0.491. The SMILES string of the molecule is Cc1ncsc1-c1ccc(CNC(=O)[C@@H]2C[C@@H](O)CN2C(=O)C(NC(=O)COCCOCCOCCOCCOCCOc2ccc(N3C(=S)N(c4ccc(C#N)c(C(F)(F)F)c4)C(=O)C3(C)C)cc2)C(C)(C)C)cc1. The molecule has 2 saturated heterocycles. The number of hydrogen-bond donors (Lipinski definition) is 3. The Morgan fingerprint density at radius 1 is 0.882 bits per heavy atom. The topological polar surface area (TPSA) is 214 Å². The van der Waals surface area contributed by atoms with Crippen molar-refractivity contribution >= 4 is 63.7 Å². The summed E-state index contributed by atoms with van der Waals surface area (Å²) in [6, 6.07) is 17.2. The number of rotatable bonds is 26. The number of amides is 4. The van der Waals surface area contributed by atoms with Crippen LogP contribution >= 0.6 is 23.6 Å². The lowest BCUT2D eigenvalue weighted by Gasteiger charge is -2.35. The lowest BCUT2D eigenvalue weighted by atomic mass is 9.85. The number of thiazole rings is 1. The Balaban J connectivity index is 0.785. The van der Waals surface area contributed by atoms with Crippen LogP contribution in [0.5, 0.6) is 5.75 Å². The van der Waals surface area contributed by atoms with E-state index in [1.165, 1.54) is 17.0 Å². The number of anilines is 2. The van der Waals surface area contributed by atoms with Crippen LogP contribution in [0.3, 0.4) is 0 Å². The summed E-state index contributed by atoms with van der Waals surface area (Å²) in [7, 11) is 0. The van der Waals surface area contributed by atoms with Crippen molar-refractivity contribution in [1.29, 1.82) is 5.26 Å². The van der Waals surface area contributed by atoms with E-state index in [0.717, 1.165) is 38.7 Å². The first-order valence-corrected chi connectivity index (χ1v) is 25.9. The smallest absolute Gasteiger partial charge is 0.417 e. The van der Waals surface area contributed by atoms with E-state index in [-0.39, 0.29) is 70.0 Å². The molecular weight excluding hydrogens is 1030 g/mol. The lowest BCUT2D eigenvalue weighted by molar-refractivity contribution is -0.144. The average Bonchev–Trinajstić information content (AvgIpc) is 4.12. The summed E-state index contributed by atoms with van der Waals surface area (Å²) < 4.78 is 74.5. The lowest BCUT2D eigenvalue weighted by Crippen LogP contribution is -2.58. The molecule has 0 radical (unpaired) electrons. The molecule has 23 heteroatoms. The Labute approximate surface area is 449 Å². The number of nitrogens with one attached hydrogen (secondary N) is 2. The number of aryl methyl sites for hydroxylation is 1. The molecule has 1 unspecified atom stereocenters. The second kappa shape index (κ2) is 26.8. The van der Waals surface area contributed by atoms with Crippen LogP contribution < -0.4 is 25.2 Å². The van der Waals surface area contributed by atoms with Gasteiger partial charge < -0.3 is 54.0 Å². The highest BCUT2D eigenvalue weighted by Crippen LogP contribution is 2.40. The van der Waals surface area contributed by atoms with Gasteiger partial charge >= 0.3 is 6.18 Å². The van der Waals surface area contributed by atoms with Gasteiger partial charge in [0, 0.05) is 25.2 Å². The molecule has 3 atom stereocenters. The normalized spacial score (nSPS) is 17.0. The number of ether oxygens (including phenoxy) is 6. The zero-order valence-corrected chi connectivity index (χ0v) is 44.9. The first-order chi connectivity index (χ1) is 36.1. The number of thiocarbonyl (C=S) groups is 1. The highest BCUT2D eigenvalue weighted by molar-refractivity contribution is 7.81. The van der Waals surface area contributed by atoms with Crippen LogP contribution in [-0.4, -0.2) is 147 Å². The van der Waals surface area contributed by atoms with Crippen LogP contribution in [-0.2, 0) is 55.6 Å². The second-order valence-corrected chi connectivity index (χ2v) is 20.7. The van der Waals surface area contributed by atoms with E-state index in [1.807, 2.05) is 52.0 Å². The van der Waals surface area contributed by atoms with E-state index < -0.39 is 70.1 Å². The molecule has 4 aromatic rings. The molecule has 410 valence electrons. The third kappa shape index (κ3) is 15.5. The van der Waals surface area contributed by atoms with Gasteiger partial charge in [0.25, 0.3) is 5.91 Å². The number of likely N-dealkylation sites (tertiary alicyclic amines) is 1. The number of β-amino-alcohol motifs (C(OH)–C–C–N with tert-alkyl or cyclic N) is 1. The maximum Gasteiger partial charge on any atom is 0.417 e. The van der Waals surface area contributed by atoms with Gasteiger partial charge in [0.1, 0.15) is 36.6 Å². The van der Waals surface area contributed by atoms with Crippen molar-refractivity contribution in [3.8, 4) is 22.3 Å². The first-order valence-electron chi connectivity index (χ1n) is 24.6. The maximum absolute atomic E-state index is 13.9. The Morgan fingerprint density at radius 2 is 1.46 bits per heavy atom. The zero-order valence-electron chi connectivity index (χ0n) is 43.3. The molecule has 3 heterocycles. The fourth-order valence-corrected chi connectivity index (χ4v) is 9.73. The number of benzene rings is 3. The Bertz CT molecular complexity index is 2680. The zero-order chi connectivity index (χ0) is 55.2. The standard InChI is InChI=1S/C53H64F3N7O11S2/c1-34-45(76-33-59-34)36-9-7-35(8-10-36)30-58-47(66)43-28-40(64)31-61(43)48(67)46(51(2,3)4)60-44(65)32-73-24-23-71-20-19-69-17-18-70-21-22-72-25-26-74-41-15-13-38(14-16-41)63-50(75)62(49(68)52(63,5)6)39-12-11-37(29-57)42(27-39)53(54,55)56/h7-16,27,33,40,43,46,64H,17-26,28,30-32H2,1-6H3,(H,58,66)(H,60,65)/t40-,43+,46?/m1/s1. The minimum absolute atomic E-state index is 0.0140. The van der Waals surface area contributed by atoms with Gasteiger partial charge in [0.15, 0.2) is 5.11 Å². The largest absolute Gasteiger partial charge is 0.491 e. The summed E-state index contributed by atoms with van der Waals surface area (Å²) in [4.78, 5) is 63.1. The third-order valence-electron chi connectivity index (χ3n) is 12.4. The van der Waals surface area contributed by atoms with Crippen LogP contribution in [0, 0.1) is 23.7 Å². The average molecular weight is 1100 g/mol. The van der Waals surface area contributed by atoms with Crippen LogP contribution in [0.1, 0.15) is 63.4 Å². The molecule has 2 aliphatic heterocycles. The van der Waals surface area contributed by atoms with E-state index >= 15 is 0 Å². The molecule has 3 N–H and O–H groups in total. The van der Waals surface area contributed by atoms with Crippen LogP contribution in [0.15, 0.2) is 72.2 Å². The van der Waals surface area contributed by atoms with Crippen LogP contribution in [0.4, 0.5) is 24.5 Å². The van der Waals surface area contributed by atoms with Crippen LogP contribution in [0.25, 0.3) is 10.4 Å². The van der Waals surface area contributed by atoms with E-state index in [2.05, 4.69) is 15.6 Å². The molecule has 3 aromatic carbocycles. The van der Waals surface area contributed by atoms with Crippen molar-refractivity contribution in [2.24, 2.45) is 5.41 Å². The Hall–Kier alpha value is -6.10. The maximum atomic E-state index is 13.9. The van der Waals surface area contributed by atoms with Gasteiger partial charge in [-0.25, -0.2) is 4.98 Å². The van der Waals surface area contributed by atoms with E-state index in [1.54, 1.807) is 59.9 Å². The van der Waals surface area contributed by atoms with Gasteiger partial charge in [-0.2, -0.15) is 18.4 Å². The minimum atomic E-state index is -4.80. The molecule has 0 aliphatic carbocycles. The number of nitriles is 1. The Kier molecular flexibility index (Phi) is 20.8. The molecular formula is C53H64F3N7O11S2. The molecule has 1 aromatic heterocycles. The molecule has 6 rings (SSSR count). The van der Waals surface area contributed by atoms with Gasteiger partial charge in [-0.1, -0.05) is 45.0 Å². The quantitative estimate of drug-likeness (QED) is 0.0472. The number of carbonyl (C=O) groups is 4. The molecule has 18 nitrogen and oxygen atoms in total. The van der Waals surface area contributed by atoms with Crippen molar-refractivity contribution in [2.45, 2.75) is 84.4 Å². The molecule has 4 amide bonds. The van der Waals surface area contributed by atoms with Crippen molar-refractivity contribution in [1.82, 2.24) is 20.5 Å². The van der Waals surface area contributed by atoms with Gasteiger partial charge in [-0.15, -0.1) is 11.3 Å². The summed E-state index contributed by atoms with van der Waals surface area (Å²) >= 11 is 7.16. The highest BCUT2D eigenvalue weighted by Gasteiger charge is 2.51. The minimum Gasteiger partial charge on any atom is -0.491 e. The monoisotopic (exact) mass is 1100 g/mol. The number of carbonyl (C=O) groups excluding carboxylic acids is 4. The Morgan fingerprint density at radius 3 is 2.01 bits per heavy atom. The predicted octanol–water partition coefficient (Wildman–Crippen LogP) is 6.20. The molecule has 0 spiro atoms. The van der Waals surface area contributed by atoms with Crippen molar-refractivity contribution in [2.75, 3.05) is 89.0 Å². The second-order valence-electron chi connectivity index (χ2n) is 19.4. The van der Waals surface area contributed by atoms with E-state index in [4.69, 9.17) is 40.6 Å². The number of aliphatic hydroxyl groups is 1. The summed E-state index contributed by atoms with van der Waals surface area (Å²) in [5, 5.41) is 25.4. The molecule has 0 saturated carbocycles. The number of halogens is 3. The summed E-state index contributed by atoms with van der Waals surface area (Å²) in [5.41, 5.74) is 1.42. The molecule has 2 aliphatic rings. The highest BCUT2D eigenvalue weighted by atomic mass is 32.1. The molecule has 0 bridgehead atoms. The fourth-order valence-electron chi connectivity index (χ4n) is 8.40. The van der Waals surface area contributed by atoms with E-state index in [0.29, 0.717) is 44.5 Å². The summed E-state index contributed by atoms with van der Waals surface area (Å²) in [6.07, 6.45) is -5.62. The first kappa shape index (κ1) is 59.1. The molecule has 2 fully saturated rings. The van der Waals surface area contributed by atoms with Gasteiger partial charge in [0.2, 0.25) is 17.7 Å². The van der Waals surface area contributed by atoms with E-state index in [9.17, 15) is 42.7 Å². The van der Waals surface area contributed by atoms with Crippen molar-refractivity contribution in [3.05, 3.63) is 94.6 Å². The summed E-state index contributed by atoms with van der Waals surface area (Å²) in [6.45, 7) is 13.2. The van der Waals surface area contributed by atoms with Gasteiger partial charge in [-0.3, -0.25) is 24.1 Å². The molecule has 76 heavy (non-hydrogen) atoms.